The number of carbonyl (C=O) groups excluding carboxylic acids is 1. The SMILES string of the molecule is CCOC(=O)C1=C(CN2CCC(OCC(=O)O)C(F)(F)C2)NC(c2nccs2)=NC1(C)c1ccc(F)cc1. The summed E-state index contributed by atoms with van der Waals surface area (Å²) in [6.45, 7) is 1.95. The first kappa shape index (κ1) is 27.7. The summed E-state index contributed by atoms with van der Waals surface area (Å²) in [5.41, 5.74) is -0.427. The molecule has 1 aromatic heterocycles. The maximum absolute atomic E-state index is 14.9. The average Bonchev–Trinajstić information content (AvgIpc) is 3.38. The molecule has 1 fully saturated rings. The Kier molecular flexibility index (Phi) is 8.19. The number of likely N-dealkylation sites (tertiary alicyclic amines) is 1. The van der Waals surface area contributed by atoms with Crippen LogP contribution < -0.4 is 5.32 Å². The highest BCUT2D eigenvalue weighted by atomic mass is 32.1. The quantitative estimate of drug-likeness (QED) is 0.456. The Morgan fingerprint density at radius 2 is 2.03 bits per heavy atom. The molecule has 0 bridgehead atoms. The van der Waals surface area contributed by atoms with Gasteiger partial charge in [0.2, 0.25) is 0 Å². The van der Waals surface area contributed by atoms with Gasteiger partial charge >= 0.3 is 11.9 Å². The number of benzene rings is 1. The van der Waals surface area contributed by atoms with Gasteiger partial charge in [0.25, 0.3) is 5.92 Å². The summed E-state index contributed by atoms with van der Waals surface area (Å²) in [6.07, 6.45) is -0.0542. The fourth-order valence-electron chi connectivity index (χ4n) is 4.60. The first-order valence-corrected chi connectivity index (χ1v) is 12.8. The second kappa shape index (κ2) is 11.2. The van der Waals surface area contributed by atoms with Crippen molar-refractivity contribution in [2.75, 3.05) is 32.8 Å². The monoisotopic (exact) mass is 552 g/mol. The van der Waals surface area contributed by atoms with Crippen LogP contribution in [-0.2, 0) is 24.6 Å². The summed E-state index contributed by atoms with van der Waals surface area (Å²) in [6, 6.07) is 5.54. The van der Waals surface area contributed by atoms with E-state index >= 15 is 0 Å². The molecule has 2 atom stereocenters. The van der Waals surface area contributed by atoms with E-state index in [0.717, 1.165) is 0 Å². The summed E-state index contributed by atoms with van der Waals surface area (Å²) in [5, 5.41) is 14.2. The number of hydrogen-bond acceptors (Lipinski definition) is 9. The number of aliphatic imine (C=N–C) groups is 1. The molecule has 2 aliphatic heterocycles. The Hall–Kier alpha value is -3.29. The highest BCUT2D eigenvalue weighted by Gasteiger charge is 2.47. The van der Waals surface area contributed by atoms with E-state index in [1.54, 1.807) is 25.4 Å². The number of hydrogen-bond donors (Lipinski definition) is 2. The number of carboxylic acid groups (broad SMARTS) is 1. The molecular weight excluding hydrogens is 525 g/mol. The molecule has 2 aromatic rings. The van der Waals surface area contributed by atoms with E-state index in [9.17, 15) is 22.8 Å². The molecule has 0 spiro atoms. The summed E-state index contributed by atoms with van der Waals surface area (Å²) >= 11 is 1.30. The van der Waals surface area contributed by atoms with Crippen LogP contribution in [0.2, 0.25) is 0 Å². The number of aliphatic carboxylic acids is 1. The minimum Gasteiger partial charge on any atom is -0.480 e. The van der Waals surface area contributed by atoms with Gasteiger partial charge in [-0.3, -0.25) is 4.90 Å². The van der Waals surface area contributed by atoms with E-state index in [4.69, 9.17) is 19.6 Å². The van der Waals surface area contributed by atoms with Crippen molar-refractivity contribution in [2.24, 2.45) is 4.99 Å². The first-order chi connectivity index (χ1) is 18.0. The van der Waals surface area contributed by atoms with E-state index in [2.05, 4.69) is 10.3 Å². The van der Waals surface area contributed by atoms with E-state index in [0.29, 0.717) is 22.1 Å². The van der Waals surface area contributed by atoms with Crippen molar-refractivity contribution in [1.29, 1.82) is 0 Å². The van der Waals surface area contributed by atoms with Crippen molar-refractivity contribution < 1.29 is 37.3 Å². The zero-order valence-corrected chi connectivity index (χ0v) is 21.6. The number of halogens is 3. The topological polar surface area (TPSA) is 113 Å². The lowest BCUT2D eigenvalue weighted by atomic mass is 9.82. The van der Waals surface area contributed by atoms with E-state index in [-0.39, 0.29) is 31.7 Å². The van der Waals surface area contributed by atoms with Crippen molar-refractivity contribution >= 4 is 29.1 Å². The predicted molar refractivity (Wildman–Crippen MR) is 133 cm³/mol. The minimum atomic E-state index is -3.32. The summed E-state index contributed by atoms with van der Waals surface area (Å²) < 4.78 is 53.8. The van der Waals surface area contributed by atoms with Crippen molar-refractivity contribution in [1.82, 2.24) is 15.2 Å². The molecule has 2 unspecified atom stereocenters. The Bertz CT molecular complexity index is 1240. The van der Waals surface area contributed by atoms with Gasteiger partial charge in [-0.1, -0.05) is 12.1 Å². The molecule has 0 amide bonds. The number of nitrogens with one attached hydrogen (secondary N) is 1. The number of nitrogens with zero attached hydrogens (tertiary/aromatic N) is 3. The Labute approximate surface area is 221 Å². The van der Waals surface area contributed by atoms with E-state index < -0.39 is 48.5 Å². The maximum Gasteiger partial charge on any atom is 0.338 e. The number of ether oxygens (including phenoxy) is 2. The average molecular weight is 553 g/mol. The van der Waals surface area contributed by atoms with E-state index in [1.807, 2.05) is 0 Å². The van der Waals surface area contributed by atoms with Gasteiger partial charge in [0.15, 0.2) is 10.8 Å². The zero-order valence-electron chi connectivity index (χ0n) is 20.7. The standard InChI is InChI=1S/C25H27F3N4O5S/c1-3-36-23(35)20-17(12-32-10-8-18(25(27,28)14-32)37-13-19(33)34)30-21(22-29-9-11-38-22)31-24(20,2)15-4-6-16(26)7-5-15/h4-7,9,11,18H,3,8,10,12-14H2,1-2H3,(H,30,31)(H,33,34). The summed E-state index contributed by atoms with van der Waals surface area (Å²) in [5.74, 6) is -5.46. The highest BCUT2D eigenvalue weighted by Crippen LogP contribution is 2.40. The molecule has 9 nitrogen and oxygen atoms in total. The van der Waals surface area contributed by atoms with Gasteiger partial charge in [-0.05, 0) is 38.0 Å². The lowest BCUT2D eigenvalue weighted by Gasteiger charge is -2.40. The van der Waals surface area contributed by atoms with Gasteiger partial charge in [0.05, 0.1) is 18.7 Å². The van der Waals surface area contributed by atoms with Gasteiger partial charge in [-0.15, -0.1) is 11.3 Å². The third kappa shape index (κ3) is 5.89. The number of carboxylic acids is 1. The highest BCUT2D eigenvalue weighted by molar-refractivity contribution is 7.11. The molecule has 0 radical (unpaired) electrons. The van der Waals surface area contributed by atoms with Crippen LogP contribution in [0.25, 0.3) is 0 Å². The molecular formula is C25H27F3N4O5S. The fourth-order valence-corrected chi connectivity index (χ4v) is 5.18. The number of piperidine rings is 1. The van der Waals surface area contributed by atoms with Crippen LogP contribution in [0.3, 0.4) is 0 Å². The fraction of sp³-hybridized carbons (Fsp3) is 0.440. The van der Waals surface area contributed by atoms with Crippen molar-refractivity contribution in [2.45, 2.75) is 37.8 Å². The summed E-state index contributed by atoms with van der Waals surface area (Å²) in [7, 11) is 0. The molecule has 3 heterocycles. The minimum absolute atomic E-state index is 0.0720. The second-order valence-electron chi connectivity index (χ2n) is 9.03. The first-order valence-electron chi connectivity index (χ1n) is 11.9. The van der Waals surface area contributed by atoms with Crippen LogP contribution in [-0.4, -0.2) is 77.6 Å². The Balaban J connectivity index is 1.73. The molecule has 38 heavy (non-hydrogen) atoms. The number of esters is 1. The molecule has 1 aromatic carbocycles. The number of alkyl halides is 2. The van der Waals surface area contributed by atoms with Crippen LogP contribution >= 0.6 is 11.3 Å². The maximum atomic E-state index is 14.9. The van der Waals surface area contributed by atoms with Crippen molar-refractivity contribution in [3.8, 4) is 0 Å². The third-order valence-corrected chi connectivity index (χ3v) is 7.10. The summed E-state index contributed by atoms with van der Waals surface area (Å²) in [4.78, 5) is 34.6. The Morgan fingerprint density at radius 1 is 1.29 bits per heavy atom. The normalized spacial score (nSPS) is 23.5. The second-order valence-corrected chi connectivity index (χ2v) is 9.92. The largest absolute Gasteiger partial charge is 0.480 e. The number of amidine groups is 1. The van der Waals surface area contributed by atoms with Gasteiger partial charge in [0.1, 0.15) is 24.1 Å². The number of thiazole rings is 1. The molecule has 1 saturated heterocycles. The van der Waals surface area contributed by atoms with Crippen LogP contribution in [0.1, 0.15) is 30.8 Å². The van der Waals surface area contributed by atoms with Gasteiger partial charge in [0, 0.05) is 30.4 Å². The van der Waals surface area contributed by atoms with E-state index in [1.165, 1.54) is 40.5 Å². The molecule has 2 aliphatic rings. The zero-order chi connectivity index (χ0) is 27.5. The van der Waals surface area contributed by atoms with Crippen molar-refractivity contribution in [3.05, 3.63) is 63.5 Å². The third-order valence-electron chi connectivity index (χ3n) is 6.32. The van der Waals surface area contributed by atoms with Crippen LogP contribution in [0.5, 0.6) is 0 Å². The number of rotatable bonds is 9. The van der Waals surface area contributed by atoms with Crippen LogP contribution in [0.15, 0.2) is 52.1 Å². The molecule has 13 heteroatoms. The van der Waals surface area contributed by atoms with Crippen LogP contribution in [0, 0.1) is 5.82 Å². The van der Waals surface area contributed by atoms with Gasteiger partial charge in [-0.2, -0.15) is 0 Å². The molecule has 0 aliphatic carbocycles. The van der Waals surface area contributed by atoms with Gasteiger partial charge in [-0.25, -0.2) is 32.7 Å². The smallest absolute Gasteiger partial charge is 0.338 e. The molecule has 4 rings (SSSR count). The Morgan fingerprint density at radius 3 is 2.63 bits per heavy atom. The van der Waals surface area contributed by atoms with Crippen LogP contribution in [0.4, 0.5) is 13.2 Å². The van der Waals surface area contributed by atoms with Gasteiger partial charge < -0.3 is 19.9 Å². The predicted octanol–water partition coefficient (Wildman–Crippen LogP) is 3.18. The lowest BCUT2D eigenvalue weighted by Crippen LogP contribution is -2.54. The van der Waals surface area contributed by atoms with Crippen molar-refractivity contribution in [3.63, 3.8) is 0 Å². The number of carbonyl (C=O) groups is 2. The molecule has 204 valence electrons. The lowest BCUT2D eigenvalue weighted by molar-refractivity contribution is -0.180. The molecule has 2 N–H and O–H groups in total. The molecule has 0 saturated carbocycles. The number of aromatic nitrogens is 1.